The van der Waals surface area contributed by atoms with Crippen LogP contribution in [0.5, 0.6) is 0 Å². The predicted octanol–water partition coefficient (Wildman–Crippen LogP) is 4.97. The second-order valence-electron chi connectivity index (χ2n) is 13.4. The maximum Gasteiger partial charge on any atom is 0.353 e. The van der Waals surface area contributed by atoms with Crippen LogP contribution in [0.4, 0.5) is 0 Å². The van der Waals surface area contributed by atoms with Crippen molar-refractivity contribution in [2.24, 2.45) is 5.16 Å². The Balaban J connectivity index is 1.25. The lowest BCUT2D eigenvalue weighted by atomic mass is 9.99. The van der Waals surface area contributed by atoms with Gasteiger partial charge in [-0.25, -0.2) is 9.78 Å². The highest BCUT2D eigenvalue weighted by Crippen LogP contribution is 2.43. The van der Waals surface area contributed by atoms with Crippen molar-refractivity contribution in [3.05, 3.63) is 99.3 Å². The van der Waals surface area contributed by atoms with E-state index in [0.29, 0.717) is 16.5 Å². The van der Waals surface area contributed by atoms with Crippen LogP contribution in [-0.4, -0.2) is 87.8 Å². The van der Waals surface area contributed by atoms with E-state index in [1.165, 1.54) is 41.7 Å². The lowest BCUT2D eigenvalue weighted by Crippen LogP contribution is -2.70. The van der Waals surface area contributed by atoms with Gasteiger partial charge in [0.25, 0.3) is 11.8 Å². The smallest absolute Gasteiger partial charge is 0.353 e. The van der Waals surface area contributed by atoms with Crippen molar-refractivity contribution in [1.29, 1.82) is 0 Å². The van der Waals surface area contributed by atoms with Gasteiger partial charge in [0, 0.05) is 17.0 Å². The van der Waals surface area contributed by atoms with Gasteiger partial charge in [0.05, 0.1) is 10.7 Å². The SMILES string of the molecule is Cc1nc(/C(=N/OC(C)(C)C(=O)OC(C)(C)C)C(=O)N[C@@H]2C(=O)N3C(c4nnn(C(c5ccccc5)c5ccccc5)n4)=C(CCl)CS[C@H]23)cs1. The van der Waals surface area contributed by atoms with Crippen LogP contribution in [0, 0.1) is 6.92 Å². The van der Waals surface area contributed by atoms with Crippen LogP contribution in [0.2, 0.25) is 0 Å². The molecular formula is C35H37ClN8O5S2. The van der Waals surface area contributed by atoms with Crippen LogP contribution in [0.3, 0.4) is 0 Å². The summed E-state index contributed by atoms with van der Waals surface area (Å²) in [5, 5.41) is 22.4. The van der Waals surface area contributed by atoms with E-state index in [2.05, 4.69) is 25.8 Å². The average molecular weight is 749 g/mol. The topological polar surface area (TPSA) is 154 Å². The lowest BCUT2D eigenvalue weighted by Gasteiger charge is -2.49. The van der Waals surface area contributed by atoms with E-state index in [-0.39, 0.29) is 35.1 Å². The molecule has 4 heterocycles. The number of nitrogens with one attached hydrogen (secondary N) is 1. The minimum Gasteiger partial charge on any atom is -0.457 e. The molecule has 1 N–H and O–H groups in total. The maximum atomic E-state index is 13.9. The minimum absolute atomic E-state index is 0.149. The molecule has 0 saturated carbocycles. The summed E-state index contributed by atoms with van der Waals surface area (Å²) in [5.41, 5.74) is 0.953. The number of aromatic nitrogens is 5. The van der Waals surface area contributed by atoms with Gasteiger partial charge in [0.15, 0.2) is 5.71 Å². The number of benzene rings is 2. The Morgan fingerprint density at radius 2 is 1.71 bits per heavy atom. The van der Waals surface area contributed by atoms with Gasteiger partial charge in [-0.3, -0.25) is 14.5 Å². The van der Waals surface area contributed by atoms with Crippen molar-refractivity contribution < 1.29 is 24.0 Å². The number of ether oxygens (including phenoxy) is 1. The molecule has 2 aromatic heterocycles. The molecule has 4 aromatic rings. The summed E-state index contributed by atoms with van der Waals surface area (Å²) in [4.78, 5) is 53.6. The fourth-order valence-corrected chi connectivity index (χ4v) is 7.72. The second kappa shape index (κ2) is 14.6. The van der Waals surface area contributed by atoms with E-state index in [9.17, 15) is 14.4 Å². The molecule has 1 saturated heterocycles. The molecule has 0 bridgehead atoms. The zero-order valence-electron chi connectivity index (χ0n) is 28.9. The van der Waals surface area contributed by atoms with Crippen LogP contribution in [0.15, 0.2) is 76.8 Å². The van der Waals surface area contributed by atoms with Crippen molar-refractivity contribution >= 4 is 63.9 Å². The second-order valence-corrected chi connectivity index (χ2v) is 15.8. The summed E-state index contributed by atoms with van der Waals surface area (Å²) in [5.74, 6) is -0.838. The molecule has 51 heavy (non-hydrogen) atoms. The number of rotatable bonds is 11. The number of hydrogen-bond donors (Lipinski definition) is 1. The first-order valence-corrected chi connectivity index (χ1v) is 18.6. The summed E-state index contributed by atoms with van der Waals surface area (Å²) in [6.45, 7) is 9.99. The number of carbonyl (C=O) groups is 3. The number of thiazole rings is 1. The zero-order chi connectivity index (χ0) is 36.5. The van der Waals surface area contributed by atoms with Crippen molar-refractivity contribution in [2.75, 3.05) is 11.6 Å². The first-order valence-electron chi connectivity index (χ1n) is 16.1. The minimum atomic E-state index is -1.52. The van der Waals surface area contributed by atoms with Crippen LogP contribution < -0.4 is 5.32 Å². The third kappa shape index (κ3) is 7.70. The predicted molar refractivity (Wildman–Crippen MR) is 195 cm³/mol. The van der Waals surface area contributed by atoms with Gasteiger partial charge in [0.2, 0.25) is 11.4 Å². The number of carbonyl (C=O) groups excluding carboxylic acids is 3. The highest BCUT2D eigenvalue weighted by molar-refractivity contribution is 8.00. The first kappa shape index (κ1) is 36.2. The highest BCUT2D eigenvalue weighted by atomic mass is 35.5. The van der Waals surface area contributed by atoms with E-state index in [0.717, 1.165) is 16.7 Å². The Bertz CT molecular complexity index is 1950. The zero-order valence-corrected chi connectivity index (χ0v) is 31.3. The largest absolute Gasteiger partial charge is 0.457 e. The van der Waals surface area contributed by atoms with Crippen LogP contribution in [0.1, 0.15) is 68.3 Å². The molecule has 266 valence electrons. The molecule has 0 radical (unpaired) electrons. The van der Waals surface area contributed by atoms with Gasteiger partial charge in [-0.2, -0.15) is 4.80 Å². The number of thioether (sulfide) groups is 1. The number of β-lactam (4-membered cyclic amide) rings is 1. The normalized spacial score (nSPS) is 18.0. The maximum absolute atomic E-state index is 13.9. The summed E-state index contributed by atoms with van der Waals surface area (Å²) in [6, 6.07) is 18.4. The van der Waals surface area contributed by atoms with E-state index in [1.54, 1.807) is 38.0 Å². The molecule has 0 spiro atoms. The highest BCUT2D eigenvalue weighted by Gasteiger charge is 2.54. The Morgan fingerprint density at radius 3 is 2.27 bits per heavy atom. The third-order valence-electron chi connectivity index (χ3n) is 7.93. The molecule has 2 aliphatic rings. The molecule has 16 heteroatoms. The van der Waals surface area contributed by atoms with Gasteiger partial charge in [-0.15, -0.1) is 44.9 Å². The Kier molecular flexibility index (Phi) is 10.3. The summed E-state index contributed by atoms with van der Waals surface area (Å²) in [7, 11) is 0. The number of amides is 2. The van der Waals surface area contributed by atoms with Crippen molar-refractivity contribution in [3.63, 3.8) is 0 Å². The molecular weight excluding hydrogens is 712 g/mol. The monoisotopic (exact) mass is 748 g/mol. The van der Waals surface area contributed by atoms with Crippen molar-refractivity contribution in [3.8, 4) is 0 Å². The molecule has 13 nitrogen and oxygen atoms in total. The molecule has 2 amide bonds. The molecule has 2 atom stereocenters. The van der Waals surface area contributed by atoms with Crippen LogP contribution in [0.25, 0.3) is 5.70 Å². The number of hydrogen-bond acceptors (Lipinski definition) is 12. The summed E-state index contributed by atoms with van der Waals surface area (Å²) < 4.78 is 5.46. The van der Waals surface area contributed by atoms with Crippen LogP contribution >= 0.6 is 34.7 Å². The number of tetrazole rings is 1. The van der Waals surface area contributed by atoms with Gasteiger partial charge in [-0.05, 0) is 63.5 Å². The Morgan fingerprint density at radius 1 is 1.06 bits per heavy atom. The molecule has 2 aromatic carbocycles. The van der Waals surface area contributed by atoms with E-state index in [4.69, 9.17) is 26.3 Å². The van der Waals surface area contributed by atoms with E-state index >= 15 is 0 Å². The number of aryl methyl sites for hydroxylation is 1. The number of halogens is 1. The van der Waals surface area contributed by atoms with Crippen molar-refractivity contribution in [2.45, 2.75) is 70.2 Å². The third-order valence-corrected chi connectivity index (χ3v) is 10.4. The van der Waals surface area contributed by atoms with Gasteiger partial charge in [0.1, 0.15) is 28.8 Å². The summed E-state index contributed by atoms with van der Waals surface area (Å²) >= 11 is 9.18. The van der Waals surface area contributed by atoms with Gasteiger partial charge < -0.3 is 14.9 Å². The number of alkyl halides is 1. The molecule has 0 unspecified atom stereocenters. The molecule has 2 aliphatic heterocycles. The molecule has 6 rings (SSSR count). The fraction of sp³-hybridized carbons (Fsp3) is 0.371. The average Bonchev–Trinajstić information content (AvgIpc) is 3.76. The Labute approximate surface area is 308 Å². The first-order chi connectivity index (χ1) is 24.3. The number of esters is 1. The Hall–Kier alpha value is -4.60. The summed E-state index contributed by atoms with van der Waals surface area (Å²) in [6.07, 6.45) is 0. The number of fused-ring (bicyclic) bond motifs is 1. The molecule has 0 aliphatic carbocycles. The van der Waals surface area contributed by atoms with Crippen LogP contribution in [-0.2, 0) is 24.0 Å². The fourth-order valence-electron chi connectivity index (χ4n) is 5.44. The molecule has 1 fully saturated rings. The van der Waals surface area contributed by atoms with E-state index < -0.39 is 34.5 Å². The number of nitrogens with zero attached hydrogens (tertiary/aromatic N) is 7. The quantitative estimate of drug-likeness (QED) is 0.0732. The number of oxime groups is 1. The van der Waals surface area contributed by atoms with Crippen molar-refractivity contribution in [1.82, 2.24) is 35.4 Å². The van der Waals surface area contributed by atoms with Gasteiger partial charge in [-0.1, -0.05) is 65.8 Å². The van der Waals surface area contributed by atoms with E-state index in [1.807, 2.05) is 60.7 Å². The van der Waals surface area contributed by atoms with Gasteiger partial charge >= 0.3 is 5.97 Å². The lowest BCUT2D eigenvalue weighted by molar-refractivity contribution is -0.179. The standard InChI is InChI=1S/C35H37ClN8O5S2/c1-20-37-24(19-50-20)25(41-49-35(5,6)33(47)48-34(2,3)4)30(45)38-26-31(46)43-28(23(17-36)18-51-32(26)43)29-39-42-44(40-29)27(21-13-9-7-10-14-21)22-15-11-8-12-16-22/h7-16,19,26-27,32H,17-18H2,1-6H3,(H,38,45)/b41-25-/t26-,32-/m1/s1.